The largest absolute Gasteiger partial charge is 0.490 e. The van der Waals surface area contributed by atoms with Gasteiger partial charge < -0.3 is 19.7 Å². The van der Waals surface area contributed by atoms with Crippen molar-refractivity contribution in [1.29, 1.82) is 0 Å². The van der Waals surface area contributed by atoms with Crippen molar-refractivity contribution < 1.29 is 19.1 Å². The van der Waals surface area contributed by atoms with Crippen molar-refractivity contribution in [2.45, 2.75) is 38.8 Å². The first kappa shape index (κ1) is 21.3. The molecule has 2 heterocycles. The summed E-state index contributed by atoms with van der Waals surface area (Å²) in [4.78, 5) is 30.5. The van der Waals surface area contributed by atoms with Crippen LogP contribution in [0.3, 0.4) is 0 Å². The van der Waals surface area contributed by atoms with E-state index in [0.717, 1.165) is 29.3 Å². The van der Waals surface area contributed by atoms with Crippen molar-refractivity contribution in [3.8, 4) is 5.75 Å². The molecule has 1 aromatic carbocycles. The minimum absolute atomic E-state index is 0.0170. The molecule has 0 radical (unpaired) electrons. The molecule has 0 spiro atoms. The molecule has 0 bridgehead atoms. The highest BCUT2D eigenvalue weighted by Gasteiger charge is 2.23. The number of methoxy groups -OCH3 is 1. The molecule has 2 aromatic rings. The van der Waals surface area contributed by atoms with Gasteiger partial charge in [-0.05, 0) is 38.1 Å². The minimum atomic E-state index is -0.144. The van der Waals surface area contributed by atoms with Gasteiger partial charge in [0.15, 0.2) is 0 Å². The third kappa shape index (κ3) is 5.77. The van der Waals surface area contributed by atoms with Crippen LogP contribution < -0.4 is 10.1 Å². The minimum Gasteiger partial charge on any atom is -0.490 e. The number of aromatic nitrogens is 1. The smallest absolute Gasteiger partial charge is 0.251 e. The van der Waals surface area contributed by atoms with Gasteiger partial charge in [-0.2, -0.15) is 0 Å². The topological polar surface area (TPSA) is 80.8 Å². The molecule has 1 fully saturated rings. The van der Waals surface area contributed by atoms with E-state index in [-0.39, 0.29) is 30.6 Å². The molecule has 1 aromatic heterocycles. The van der Waals surface area contributed by atoms with Crippen LogP contribution in [0.25, 0.3) is 0 Å². The van der Waals surface area contributed by atoms with E-state index in [1.165, 1.54) is 7.11 Å². The van der Waals surface area contributed by atoms with E-state index in [2.05, 4.69) is 10.3 Å². The van der Waals surface area contributed by atoms with Gasteiger partial charge in [0.05, 0.1) is 16.7 Å². The Morgan fingerprint density at radius 3 is 2.55 bits per heavy atom. The predicted molar refractivity (Wildman–Crippen MR) is 111 cm³/mol. The molecule has 1 saturated heterocycles. The van der Waals surface area contributed by atoms with Crippen LogP contribution in [0.2, 0.25) is 0 Å². The van der Waals surface area contributed by atoms with Crippen molar-refractivity contribution in [1.82, 2.24) is 15.2 Å². The lowest BCUT2D eigenvalue weighted by Crippen LogP contribution is -2.43. The number of rotatable bonds is 7. The molecule has 1 aliphatic heterocycles. The quantitative estimate of drug-likeness (QED) is 0.749. The molecule has 0 aliphatic carbocycles. The maximum absolute atomic E-state index is 12.5. The van der Waals surface area contributed by atoms with Crippen molar-refractivity contribution in [2.75, 3.05) is 26.8 Å². The van der Waals surface area contributed by atoms with Gasteiger partial charge in [-0.25, -0.2) is 4.98 Å². The zero-order chi connectivity index (χ0) is 20.8. The van der Waals surface area contributed by atoms with Gasteiger partial charge in [-0.3, -0.25) is 9.59 Å². The van der Waals surface area contributed by atoms with Crippen LogP contribution in [-0.2, 0) is 9.53 Å². The number of ether oxygens (including phenoxy) is 2. The molecule has 29 heavy (non-hydrogen) atoms. The van der Waals surface area contributed by atoms with Gasteiger partial charge in [0.1, 0.15) is 18.5 Å². The van der Waals surface area contributed by atoms with Crippen molar-refractivity contribution in [3.63, 3.8) is 0 Å². The fraction of sp³-hybridized carbons (Fsp3) is 0.476. The number of carbonyl (C=O) groups excluding carboxylic acids is 2. The number of amides is 2. The predicted octanol–water partition coefficient (Wildman–Crippen LogP) is 2.96. The number of nitrogens with one attached hydrogen (secondary N) is 1. The van der Waals surface area contributed by atoms with E-state index >= 15 is 0 Å². The van der Waals surface area contributed by atoms with E-state index in [4.69, 9.17) is 9.47 Å². The summed E-state index contributed by atoms with van der Waals surface area (Å²) in [7, 11) is 1.53. The number of thiazole rings is 1. The van der Waals surface area contributed by atoms with Crippen LogP contribution in [0.1, 0.15) is 46.9 Å². The Balaban J connectivity index is 1.49. The van der Waals surface area contributed by atoms with Gasteiger partial charge in [0, 0.05) is 44.0 Å². The van der Waals surface area contributed by atoms with Crippen molar-refractivity contribution in [3.05, 3.63) is 45.9 Å². The summed E-state index contributed by atoms with van der Waals surface area (Å²) in [5.74, 6) is 0.606. The SMILES string of the molecule is COCC(=O)N1CCC(Oc2ccc(C(=O)N[C@@H](C)c3csc(C)n3)cc2)CC1. The van der Waals surface area contributed by atoms with Gasteiger partial charge in [0.25, 0.3) is 5.91 Å². The van der Waals surface area contributed by atoms with Gasteiger partial charge in [-0.1, -0.05) is 0 Å². The van der Waals surface area contributed by atoms with Crippen molar-refractivity contribution >= 4 is 23.2 Å². The van der Waals surface area contributed by atoms with E-state index in [1.54, 1.807) is 23.5 Å². The lowest BCUT2D eigenvalue weighted by Gasteiger charge is -2.32. The number of hydrogen-bond acceptors (Lipinski definition) is 6. The zero-order valence-electron chi connectivity index (χ0n) is 17.0. The molecule has 7 nitrogen and oxygen atoms in total. The highest BCUT2D eigenvalue weighted by atomic mass is 32.1. The molecule has 1 aliphatic rings. The molecule has 156 valence electrons. The molecule has 0 unspecified atom stereocenters. The highest BCUT2D eigenvalue weighted by Crippen LogP contribution is 2.21. The second kappa shape index (κ2) is 9.84. The second-order valence-electron chi connectivity index (χ2n) is 7.14. The zero-order valence-corrected chi connectivity index (χ0v) is 17.8. The van der Waals surface area contributed by atoms with Crippen LogP contribution in [0, 0.1) is 6.92 Å². The Labute approximate surface area is 175 Å². The molecule has 3 rings (SSSR count). The molecular formula is C21H27N3O4S. The third-order valence-corrected chi connectivity index (χ3v) is 5.70. The summed E-state index contributed by atoms with van der Waals surface area (Å²) in [6.45, 7) is 5.33. The first-order valence-corrected chi connectivity index (χ1v) is 10.6. The van der Waals surface area contributed by atoms with Gasteiger partial charge in [0.2, 0.25) is 5.91 Å². The van der Waals surface area contributed by atoms with Crippen LogP contribution in [0.5, 0.6) is 5.75 Å². The number of hydrogen-bond donors (Lipinski definition) is 1. The third-order valence-electron chi connectivity index (χ3n) is 4.91. The number of likely N-dealkylation sites (tertiary alicyclic amines) is 1. The Bertz CT molecular complexity index is 829. The Hall–Kier alpha value is -2.45. The van der Waals surface area contributed by atoms with E-state index in [0.29, 0.717) is 18.7 Å². The van der Waals surface area contributed by atoms with Crippen LogP contribution >= 0.6 is 11.3 Å². The Kier molecular flexibility index (Phi) is 7.22. The lowest BCUT2D eigenvalue weighted by molar-refractivity contribution is -0.136. The summed E-state index contributed by atoms with van der Waals surface area (Å²) < 4.78 is 10.9. The van der Waals surface area contributed by atoms with Gasteiger partial charge in [-0.15, -0.1) is 11.3 Å². The summed E-state index contributed by atoms with van der Waals surface area (Å²) in [6, 6.07) is 7.01. The summed E-state index contributed by atoms with van der Waals surface area (Å²) in [5.41, 5.74) is 1.45. The van der Waals surface area contributed by atoms with Crippen LogP contribution in [-0.4, -0.2) is 54.6 Å². The number of carbonyl (C=O) groups is 2. The molecule has 1 atom stereocenters. The van der Waals surface area contributed by atoms with Crippen LogP contribution in [0.15, 0.2) is 29.6 Å². The van der Waals surface area contributed by atoms with Gasteiger partial charge >= 0.3 is 0 Å². The Morgan fingerprint density at radius 2 is 1.97 bits per heavy atom. The number of aryl methyl sites for hydroxylation is 1. The number of piperidine rings is 1. The van der Waals surface area contributed by atoms with Crippen LogP contribution in [0.4, 0.5) is 0 Å². The second-order valence-corrected chi connectivity index (χ2v) is 8.20. The maximum atomic E-state index is 12.5. The summed E-state index contributed by atoms with van der Waals surface area (Å²) in [5, 5.41) is 5.92. The number of nitrogens with zero attached hydrogens (tertiary/aromatic N) is 2. The molecule has 1 N–H and O–H groups in total. The first-order chi connectivity index (χ1) is 14.0. The summed E-state index contributed by atoms with van der Waals surface area (Å²) >= 11 is 1.57. The Morgan fingerprint density at radius 1 is 1.28 bits per heavy atom. The molecule has 8 heteroatoms. The first-order valence-electron chi connectivity index (χ1n) is 9.72. The highest BCUT2D eigenvalue weighted by molar-refractivity contribution is 7.09. The molecular weight excluding hydrogens is 390 g/mol. The average Bonchev–Trinajstić information content (AvgIpc) is 3.16. The molecule has 0 saturated carbocycles. The average molecular weight is 418 g/mol. The molecule has 2 amide bonds. The summed E-state index contributed by atoms with van der Waals surface area (Å²) in [6.07, 6.45) is 1.62. The lowest BCUT2D eigenvalue weighted by atomic mass is 10.1. The van der Waals surface area contributed by atoms with E-state index < -0.39 is 0 Å². The fourth-order valence-electron chi connectivity index (χ4n) is 3.25. The standard InChI is InChI=1S/C21H27N3O4S/c1-14(19-13-29-15(2)23-19)22-21(26)16-4-6-17(7-5-16)28-18-8-10-24(11-9-18)20(25)12-27-3/h4-7,13-14,18H,8-12H2,1-3H3,(H,22,26)/t14-/m0/s1. The van der Waals surface area contributed by atoms with Crippen molar-refractivity contribution in [2.24, 2.45) is 0 Å². The number of benzene rings is 1. The normalized spacial score (nSPS) is 15.8. The van der Waals surface area contributed by atoms with E-state index in [1.807, 2.05) is 36.3 Å². The van der Waals surface area contributed by atoms with E-state index in [9.17, 15) is 9.59 Å². The maximum Gasteiger partial charge on any atom is 0.251 e. The monoisotopic (exact) mass is 417 g/mol. The fourth-order valence-corrected chi connectivity index (χ4v) is 3.95.